The molecule has 3 N–H and O–H groups in total. The Balaban J connectivity index is 0.00000364. The molecule has 0 fully saturated rings. The number of nitrogens with zero attached hydrogens (tertiary/aromatic N) is 2. The van der Waals surface area contributed by atoms with Crippen LogP contribution < -0.4 is 20.5 Å². The van der Waals surface area contributed by atoms with Crippen LogP contribution in [0.4, 0.5) is 5.69 Å². The zero-order valence-corrected chi connectivity index (χ0v) is 17.5. The lowest BCUT2D eigenvalue weighted by molar-refractivity contribution is -0.385. The van der Waals surface area contributed by atoms with Crippen LogP contribution >= 0.6 is 36.2 Å². The van der Waals surface area contributed by atoms with Gasteiger partial charge in [0.1, 0.15) is 12.2 Å². The third-order valence-electron chi connectivity index (χ3n) is 3.50. The van der Waals surface area contributed by atoms with E-state index in [1.54, 1.807) is 5.51 Å². The Morgan fingerprint density at radius 1 is 1.32 bits per heavy atom. The van der Waals surface area contributed by atoms with Crippen molar-refractivity contribution in [2.75, 3.05) is 20.2 Å². The van der Waals surface area contributed by atoms with E-state index in [0.717, 1.165) is 6.42 Å². The zero-order chi connectivity index (χ0) is 18.9. The summed E-state index contributed by atoms with van der Waals surface area (Å²) < 4.78 is 10.8. The molecule has 156 valence electrons. The summed E-state index contributed by atoms with van der Waals surface area (Å²) in [5.74, 6) is -0.136. The first-order valence-electron chi connectivity index (χ1n) is 7.91. The fourth-order valence-electron chi connectivity index (χ4n) is 2.18. The number of hydrogen-bond acceptors (Lipinski definition) is 8. The van der Waals surface area contributed by atoms with Crippen LogP contribution in [0.1, 0.15) is 28.9 Å². The number of aromatic nitrogens is 1. The monoisotopic (exact) mass is 452 g/mol. The Bertz CT molecular complexity index is 762. The first-order chi connectivity index (χ1) is 12.6. The molecular formula is C16H22Cl2N4O5S. The first-order valence-corrected chi connectivity index (χ1v) is 8.85. The van der Waals surface area contributed by atoms with E-state index >= 15 is 0 Å². The second kappa shape index (κ2) is 13.1. The molecule has 0 aliphatic carbocycles. The van der Waals surface area contributed by atoms with Crippen LogP contribution in [-0.2, 0) is 6.61 Å². The van der Waals surface area contributed by atoms with Crippen molar-refractivity contribution in [1.82, 2.24) is 10.3 Å². The van der Waals surface area contributed by atoms with Crippen molar-refractivity contribution >= 4 is 47.7 Å². The Labute approximate surface area is 178 Å². The van der Waals surface area contributed by atoms with E-state index in [-0.39, 0.29) is 54.2 Å². The van der Waals surface area contributed by atoms with Gasteiger partial charge in [-0.1, -0.05) is 0 Å². The van der Waals surface area contributed by atoms with Gasteiger partial charge in [0.25, 0.3) is 11.6 Å². The lowest BCUT2D eigenvalue weighted by Crippen LogP contribution is -2.25. The topological polar surface area (TPSA) is 130 Å². The highest BCUT2D eigenvalue weighted by Crippen LogP contribution is 2.35. The van der Waals surface area contributed by atoms with E-state index in [1.165, 1.54) is 30.6 Å². The number of nitro groups is 1. The van der Waals surface area contributed by atoms with E-state index in [0.29, 0.717) is 25.2 Å². The summed E-state index contributed by atoms with van der Waals surface area (Å²) in [4.78, 5) is 27.2. The van der Waals surface area contributed by atoms with Gasteiger partial charge in [0.15, 0.2) is 11.5 Å². The standard InChI is InChI=1S/C16H20N4O5S.2ClH/c1-24-14-6-12(16(21)18-5-3-2-4-17)13(20(22)23)7-15(14)25-8-11-9-26-10-19-11;;/h6-7,9-10H,2-5,8,17H2,1H3,(H,18,21);2*1H. The molecule has 0 atom stereocenters. The number of benzene rings is 1. The van der Waals surface area contributed by atoms with Crippen molar-refractivity contribution in [1.29, 1.82) is 0 Å². The minimum absolute atomic E-state index is 0. The minimum Gasteiger partial charge on any atom is -0.493 e. The fourth-order valence-corrected chi connectivity index (χ4v) is 2.72. The van der Waals surface area contributed by atoms with E-state index in [9.17, 15) is 14.9 Å². The van der Waals surface area contributed by atoms with Crippen molar-refractivity contribution in [2.45, 2.75) is 19.4 Å². The highest BCUT2D eigenvalue weighted by atomic mass is 35.5. The zero-order valence-electron chi connectivity index (χ0n) is 15.1. The molecule has 0 saturated heterocycles. The summed E-state index contributed by atoms with van der Waals surface area (Å²) in [6, 6.07) is 2.51. The maximum atomic E-state index is 12.3. The summed E-state index contributed by atoms with van der Waals surface area (Å²) in [6.07, 6.45) is 1.46. The van der Waals surface area contributed by atoms with Crippen LogP contribution in [0.3, 0.4) is 0 Å². The number of nitrogens with one attached hydrogen (secondary N) is 1. The number of unbranched alkanes of at least 4 members (excludes halogenated alkanes) is 1. The summed E-state index contributed by atoms with van der Waals surface area (Å²) in [6.45, 7) is 1.05. The number of carbonyl (C=O) groups excluding carboxylic acids is 1. The van der Waals surface area contributed by atoms with Crippen LogP contribution in [0.5, 0.6) is 11.5 Å². The van der Waals surface area contributed by atoms with E-state index in [2.05, 4.69) is 10.3 Å². The Morgan fingerprint density at radius 2 is 2.07 bits per heavy atom. The molecule has 2 rings (SSSR count). The Morgan fingerprint density at radius 3 is 2.64 bits per heavy atom. The van der Waals surface area contributed by atoms with Gasteiger partial charge >= 0.3 is 0 Å². The van der Waals surface area contributed by atoms with Gasteiger partial charge in [0.05, 0.1) is 29.3 Å². The molecule has 0 unspecified atom stereocenters. The molecule has 0 bridgehead atoms. The van der Waals surface area contributed by atoms with Gasteiger partial charge in [-0.2, -0.15) is 0 Å². The molecule has 0 aliphatic rings. The first kappa shape index (κ1) is 25.9. The van der Waals surface area contributed by atoms with Crippen LogP contribution in [-0.4, -0.2) is 36.0 Å². The van der Waals surface area contributed by atoms with Crippen LogP contribution in [0, 0.1) is 10.1 Å². The molecule has 1 heterocycles. The number of nitro benzene ring substituents is 1. The molecule has 1 amide bonds. The van der Waals surface area contributed by atoms with Gasteiger partial charge in [-0.15, -0.1) is 36.2 Å². The summed E-state index contributed by atoms with van der Waals surface area (Å²) in [5, 5.41) is 15.8. The number of ether oxygens (including phenoxy) is 2. The van der Waals surface area contributed by atoms with Crippen molar-refractivity contribution in [3.8, 4) is 11.5 Å². The van der Waals surface area contributed by atoms with Crippen molar-refractivity contribution in [2.24, 2.45) is 5.73 Å². The van der Waals surface area contributed by atoms with Gasteiger partial charge in [-0.25, -0.2) is 4.98 Å². The molecule has 0 radical (unpaired) electrons. The van der Waals surface area contributed by atoms with Gasteiger partial charge in [0.2, 0.25) is 0 Å². The van der Waals surface area contributed by atoms with E-state index in [1.807, 2.05) is 5.38 Å². The minimum atomic E-state index is -0.621. The highest BCUT2D eigenvalue weighted by molar-refractivity contribution is 7.07. The quantitative estimate of drug-likeness (QED) is 0.321. The summed E-state index contributed by atoms with van der Waals surface area (Å²) >= 11 is 1.42. The molecule has 28 heavy (non-hydrogen) atoms. The number of nitrogens with two attached hydrogens (primary N) is 1. The molecule has 0 aliphatic heterocycles. The third kappa shape index (κ3) is 7.12. The lowest BCUT2D eigenvalue weighted by atomic mass is 10.1. The second-order valence-corrected chi connectivity index (χ2v) is 6.02. The number of thiazole rings is 1. The lowest BCUT2D eigenvalue weighted by Gasteiger charge is -2.12. The molecule has 0 saturated carbocycles. The number of amides is 1. The van der Waals surface area contributed by atoms with E-state index in [4.69, 9.17) is 15.2 Å². The molecule has 12 heteroatoms. The van der Waals surface area contributed by atoms with Gasteiger partial charge in [-0.3, -0.25) is 14.9 Å². The van der Waals surface area contributed by atoms with Crippen molar-refractivity contribution in [3.63, 3.8) is 0 Å². The molecule has 0 spiro atoms. The smallest absolute Gasteiger partial charge is 0.286 e. The Kier molecular flexibility index (Phi) is 12.1. The highest BCUT2D eigenvalue weighted by Gasteiger charge is 2.24. The number of rotatable bonds is 10. The number of hydrogen-bond donors (Lipinski definition) is 2. The van der Waals surface area contributed by atoms with E-state index < -0.39 is 10.8 Å². The predicted molar refractivity (Wildman–Crippen MR) is 111 cm³/mol. The molecule has 1 aromatic heterocycles. The number of carbonyl (C=O) groups is 1. The van der Waals surface area contributed by atoms with Crippen LogP contribution in [0.15, 0.2) is 23.0 Å². The van der Waals surface area contributed by atoms with Gasteiger partial charge in [-0.05, 0) is 19.4 Å². The molecular weight excluding hydrogens is 431 g/mol. The van der Waals surface area contributed by atoms with Crippen molar-refractivity contribution in [3.05, 3.63) is 44.4 Å². The molecule has 2 aromatic rings. The predicted octanol–water partition coefficient (Wildman–Crippen LogP) is 2.95. The third-order valence-corrected chi connectivity index (χ3v) is 4.13. The molecule has 1 aromatic carbocycles. The van der Waals surface area contributed by atoms with Crippen LogP contribution in [0.25, 0.3) is 0 Å². The maximum absolute atomic E-state index is 12.3. The summed E-state index contributed by atoms with van der Waals surface area (Å²) in [5.41, 5.74) is 7.33. The SMILES string of the molecule is COc1cc(C(=O)NCCCCN)c([N+](=O)[O-])cc1OCc1cscn1.Cl.Cl. The number of methoxy groups -OCH3 is 1. The second-order valence-electron chi connectivity index (χ2n) is 5.30. The summed E-state index contributed by atoms with van der Waals surface area (Å²) in [7, 11) is 1.40. The average molecular weight is 453 g/mol. The van der Waals surface area contributed by atoms with Gasteiger partial charge < -0.3 is 20.5 Å². The maximum Gasteiger partial charge on any atom is 0.286 e. The average Bonchev–Trinajstić information content (AvgIpc) is 3.16. The molecule has 9 nitrogen and oxygen atoms in total. The van der Waals surface area contributed by atoms with Gasteiger partial charge in [0, 0.05) is 18.0 Å². The van der Waals surface area contributed by atoms with Crippen LogP contribution in [0.2, 0.25) is 0 Å². The number of halogens is 2. The normalized spacial score (nSPS) is 9.64. The van der Waals surface area contributed by atoms with Crippen molar-refractivity contribution < 1.29 is 19.2 Å². The largest absolute Gasteiger partial charge is 0.493 e. The Hall–Kier alpha value is -2.14. The fraction of sp³-hybridized carbons (Fsp3) is 0.375.